The molecular weight excluding hydrogens is 520 g/mol. The molecule has 0 aliphatic rings. The molecule has 0 N–H and O–H groups in total. The number of benzene rings is 6. The van der Waals surface area contributed by atoms with Gasteiger partial charge in [0.2, 0.25) is 0 Å². The van der Waals surface area contributed by atoms with E-state index in [-0.39, 0.29) is 0 Å². The van der Waals surface area contributed by atoms with Gasteiger partial charge in [-0.25, -0.2) is 0 Å². The molecule has 0 fully saturated rings. The predicted octanol–water partition coefficient (Wildman–Crippen LogP) is 10.9. The van der Waals surface area contributed by atoms with E-state index in [2.05, 4.69) is 138 Å². The van der Waals surface area contributed by atoms with Gasteiger partial charge in [-0.2, -0.15) is 0 Å². The predicted molar refractivity (Wildman–Crippen MR) is 181 cm³/mol. The van der Waals surface area contributed by atoms with Crippen molar-refractivity contribution >= 4 is 32.3 Å². The summed E-state index contributed by atoms with van der Waals surface area (Å²) in [6.07, 6.45) is 7.50. The lowest BCUT2D eigenvalue weighted by atomic mass is 9.84. The Balaban J connectivity index is 1.29. The Morgan fingerprint density at radius 3 is 1.60 bits per heavy atom. The lowest BCUT2D eigenvalue weighted by Gasteiger charge is -2.19. The summed E-state index contributed by atoms with van der Waals surface area (Å²) in [6, 6.07) is 46.2. The van der Waals surface area contributed by atoms with E-state index in [1.807, 2.05) is 24.7 Å². The first-order valence-corrected chi connectivity index (χ1v) is 14.6. The second-order valence-electron chi connectivity index (χ2n) is 11.1. The van der Waals surface area contributed by atoms with Crippen molar-refractivity contribution in [1.29, 1.82) is 0 Å². The van der Waals surface area contributed by atoms with E-state index in [4.69, 9.17) is 0 Å². The van der Waals surface area contributed by atoms with Crippen molar-refractivity contribution < 1.29 is 0 Å². The maximum Gasteiger partial charge on any atom is 0.0347 e. The molecule has 8 aromatic rings. The van der Waals surface area contributed by atoms with Crippen LogP contribution in [0.15, 0.2) is 152 Å². The fraction of sp³-hybridized carbons (Fsp3) is 0.0244. The summed E-state index contributed by atoms with van der Waals surface area (Å²) < 4.78 is 0. The average molecular weight is 549 g/mol. The number of hydrogen-bond acceptors (Lipinski definition) is 2. The molecule has 202 valence electrons. The fourth-order valence-electron chi connectivity index (χ4n) is 6.45. The third-order valence-corrected chi connectivity index (χ3v) is 8.54. The van der Waals surface area contributed by atoms with Crippen LogP contribution in [0.3, 0.4) is 0 Å². The lowest BCUT2D eigenvalue weighted by Crippen LogP contribution is -1.92. The second-order valence-corrected chi connectivity index (χ2v) is 11.1. The highest BCUT2D eigenvalue weighted by molar-refractivity contribution is 6.22. The van der Waals surface area contributed by atoms with E-state index in [1.165, 1.54) is 60.1 Å². The molecule has 0 amide bonds. The van der Waals surface area contributed by atoms with Crippen LogP contribution in [-0.2, 0) is 0 Å². The summed E-state index contributed by atoms with van der Waals surface area (Å²) in [5, 5.41) is 7.53. The second kappa shape index (κ2) is 10.3. The monoisotopic (exact) mass is 548 g/mol. The summed E-state index contributed by atoms with van der Waals surface area (Å²) in [7, 11) is 0. The molecule has 2 aromatic heterocycles. The molecule has 0 atom stereocenters. The van der Waals surface area contributed by atoms with Crippen LogP contribution in [0.2, 0.25) is 0 Å². The Hall–Kier alpha value is -5.60. The van der Waals surface area contributed by atoms with Gasteiger partial charge in [-0.15, -0.1) is 0 Å². The van der Waals surface area contributed by atoms with E-state index >= 15 is 0 Å². The number of aromatic nitrogens is 2. The molecule has 2 heterocycles. The summed E-state index contributed by atoms with van der Waals surface area (Å²) >= 11 is 0. The molecule has 0 aliphatic carbocycles. The largest absolute Gasteiger partial charge is 0.264 e. The molecule has 0 radical (unpaired) electrons. The Labute approximate surface area is 251 Å². The molecule has 2 nitrogen and oxygen atoms in total. The fourth-order valence-corrected chi connectivity index (χ4v) is 6.45. The number of aryl methyl sites for hydroxylation is 1. The molecule has 43 heavy (non-hydrogen) atoms. The first kappa shape index (κ1) is 25.1. The van der Waals surface area contributed by atoms with Crippen LogP contribution in [0.1, 0.15) is 5.56 Å². The van der Waals surface area contributed by atoms with Crippen molar-refractivity contribution in [2.75, 3.05) is 0 Å². The molecule has 0 saturated heterocycles. The maximum absolute atomic E-state index is 4.54. The van der Waals surface area contributed by atoms with Crippen molar-refractivity contribution in [1.82, 2.24) is 9.97 Å². The van der Waals surface area contributed by atoms with E-state index in [0.717, 1.165) is 22.3 Å². The smallest absolute Gasteiger partial charge is 0.0347 e. The van der Waals surface area contributed by atoms with E-state index < -0.39 is 0 Å². The van der Waals surface area contributed by atoms with Gasteiger partial charge in [-0.3, -0.25) is 9.97 Å². The van der Waals surface area contributed by atoms with Crippen LogP contribution in [0.5, 0.6) is 0 Å². The van der Waals surface area contributed by atoms with Crippen molar-refractivity contribution in [3.05, 3.63) is 158 Å². The van der Waals surface area contributed by atoms with Gasteiger partial charge in [0.25, 0.3) is 0 Å². The van der Waals surface area contributed by atoms with Crippen LogP contribution >= 0.6 is 0 Å². The summed E-state index contributed by atoms with van der Waals surface area (Å²) in [5.41, 5.74) is 10.8. The lowest BCUT2D eigenvalue weighted by molar-refractivity contribution is 1.30. The Kier molecular flexibility index (Phi) is 6.05. The molecule has 0 bridgehead atoms. The zero-order valence-corrected chi connectivity index (χ0v) is 23.8. The number of fused-ring (bicyclic) bond motifs is 3. The Bertz CT molecular complexity index is 2240. The zero-order chi connectivity index (χ0) is 28.8. The molecule has 6 aromatic carbocycles. The van der Waals surface area contributed by atoms with Crippen molar-refractivity contribution in [3.8, 4) is 44.5 Å². The van der Waals surface area contributed by atoms with Gasteiger partial charge in [0.1, 0.15) is 0 Å². The summed E-state index contributed by atoms with van der Waals surface area (Å²) in [6.45, 7) is 2.20. The highest BCUT2D eigenvalue weighted by Gasteiger charge is 2.17. The van der Waals surface area contributed by atoms with Crippen LogP contribution in [0.4, 0.5) is 0 Å². The van der Waals surface area contributed by atoms with Gasteiger partial charge in [0, 0.05) is 41.5 Å². The summed E-state index contributed by atoms with van der Waals surface area (Å²) in [5.74, 6) is 0. The molecular formula is C41H28N2. The SMILES string of the molecule is Cc1ccccc1-c1c2ccccc2c(-c2ccc3cc(-c4cncc(-c5cccnc5)c4)ccc3c2)c2ccccc12. The average Bonchev–Trinajstić information content (AvgIpc) is 3.07. The van der Waals surface area contributed by atoms with Crippen LogP contribution in [0, 0.1) is 6.92 Å². The highest BCUT2D eigenvalue weighted by atomic mass is 14.6. The standard InChI is InChI=1S/C41H28N2/c1-27-9-2-3-11-35(27)41-38-14-6-4-12-36(38)40(37-13-5-7-15-39(37)41)31-19-18-28-21-30(17-16-29(28)22-31)33-23-34(26-43-25-33)32-10-8-20-42-24-32/h2-26H,1H3. The van der Waals surface area contributed by atoms with Crippen molar-refractivity contribution in [2.24, 2.45) is 0 Å². The van der Waals surface area contributed by atoms with Gasteiger partial charge < -0.3 is 0 Å². The number of pyridine rings is 2. The highest BCUT2D eigenvalue weighted by Crippen LogP contribution is 2.44. The quantitative estimate of drug-likeness (QED) is 0.204. The third kappa shape index (κ3) is 4.36. The Morgan fingerprint density at radius 2 is 0.953 bits per heavy atom. The van der Waals surface area contributed by atoms with Gasteiger partial charge in [-0.1, -0.05) is 103 Å². The normalized spacial score (nSPS) is 11.4. The molecule has 0 spiro atoms. The minimum Gasteiger partial charge on any atom is -0.264 e. The van der Waals surface area contributed by atoms with E-state index in [0.29, 0.717) is 0 Å². The van der Waals surface area contributed by atoms with E-state index in [9.17, 15) is 0 Å². The van der Waals surface area contributed by atoms with Crippen LogP contribution in [-0.4, -0.2) is 9.97 Å². The van der Waals surface area contributed by atoms with Gasteiger partial charge >= 0.3 is 0 Å². The molecule has 0 aliphatic heterocycles. The van der Waals surface area contributed by atoms with Gasteiger partial charge in [-0.05, 0) is 96.9 Å². The molecule has 8 rings (SSSR count). The topological polar surface area (TPSA) is 25.8 Å². The minimum absolute atomic E-state index is 1.06. The van der Waals surface area contributed by atoms with Crippen molar-refractivity contribution in [2.45, 2.75) is 6.92 Å². The first-order valence-electron chi connectivity index (χ1n) is 14.6. The molecule has 0 saturated carbocycles. The molecule has 2 heteroatoms. The first-order chi connectivity index (χ1) is 21.2. The van der Waals surface area contributed by atoms with E-state index in [1.54, 1.807) is 6.20 Å². The maximum atomic E-state index is 4.54. The number of rotatable bonds is 4. The van der Waals surface area contributed by atoms with Gasteiger partial charge in [0.05, 0.1) is 0 Å². The number of nitrogens with zero attached hydrogens (tertiary/aromatic N) is 2. The van der Waals surface area contributed by atoms with Crippen LogP contribution < -0.4 is 0 Å². The summed E-state index contributed by atoms with van der Waals surface area (Å²) in [4.78, 5) is 8.81. The Morgan fingerprint density at radius 1 is 0.395 bits per heavy atom. The number of hydrogen-bond donors (Lipinski definition) is 0. The van der Waals surface area contributed by atoms with Gasteiger partial charge in [0.15, 0.2) is 0 Å². The van der Waals surface area contributed by atoms with Crippen LogP contribution in [0.25, 0.3) is 76.8 Å². The third-order valence-electron chi connectivity index (χ3n) is 8.54. The molecule has 0 unspecified atom stereocenters. The zero-order valence-electron chi connectivity index (χ0n) is 23.8. The minimum atomic E-state index is 1.06. The van der Waals surface area contributed by atoms with Crippen molar-refractivity contribution in [3.63, 3.8) is 0 Å².